The summed E-state index contributed by atoms with van der Waals surface area (Å²) in [6.07, 6.45) is 2.88. The first-order valence-electron chi connectivity index (χ1n) is 12.1. The quantitative estimate of drug-likeness (QED) is 0.524. The number of carbonyl (C=O) groups is 3. The smallest absolute Gasteiger partial charge is 0.407 e. The van der Waals surface area contributed by atoms with Gasteiger partial charge < -0.3 is 20.5 Å². The number of amides is 2. The van der Waals surface area contributed by atoms with Crippen molar-refractivity contribution in [3.63, 3.8) is 0 Å². The predicted molar refractivity (Wildman–Crippen MR) is 126 cm³/mol. The summed E-state index contributed by atoms with van der Waals surface area (Å²) in [5.74, 6) is -0.576. The average molecular weight is 463 g/mol. The van der Waals surface area contributed by atoms with Crippen LogP contribution in [0.2, 0.25) is 0 Å². The molecule has 0 bridgehead atoms. The number of nitrogens with one attached hydrogen (secondary N) is 2. The summed E-state index contributed by atoms with van der Waals surface area (Å²) < 4.78 is 5.58. The number of carboxylic acids is 1. The number of benzene rings is 2. The lowest BCUT2D eigenvalue weighted by atomic mass is 9.79. The Morgan fingerprint density at radius 2 is 1.59 bits per heavy atom. The number of hydrogen-bond donors (Lipinski definition) is 3. The highest BCUT2D eigenvalue weighted by Crippen LogP contribution is 2.44. The van der Waals surface area contributed by atoms with E-state index in [1.165, 1.54) is 22.3 Å². The Hall–Kier alpha value is -3.35. The summed E-state index contributed by atoms with van der Waals surface area (Å²) in [7, 11) is 0. The zero-order chi connectivity index (χ0) is 23.7. The molecule has 2 amide bonds. The van der Waals surface area contributed by atoms with Crippen molar-refractivity contribution in [1.82, 2.24) is 10.6 Å². The van der Waals surface area contributed by atoms with Gasteiger partial charge in [0.1, 0.15) is 6.61 Å². The first-order valence-corrected chi connectivity index (χ1v) is 12.1. The molecule has 7 nitrogen and oxygen atoms in total. The van der Waals surface area contributed by atoms with Gasteiger partial charge in [-0.2, -0.15) is 0 Å². The Bertz CT molecular complexity index is 1040. The molecule has 0 aliphatic heterocycles. The Balaban J connectivity index is 1.06. The standard InChI is InChI=1S/C27H30N2O5/c30-25(31)13-18(16-9-10-16)14-28-26(32)17-11-19(12-17)29-27(33)34-15-24-22-7-3-1-5-20(22)21-6-2-4-8-23(21)24/h1-8,16-19,24H,9-15H2,(H,28,32)(H,29,33)(H,30,31). The van der Waals surface area contributed by atoms with Crippen molar-refractivity contribution >= 4 is 18.0 Å². The summed E-state index contributed by atoms with van der Waals surface area (Å²) in [6, 6.07) is 16.3. The minimum Gasteiger partial charge on any atom is -0.481 e. The first kappa shape index (κ1) is 22.4. The lowest BCUT2D eigenvalue weighted by Gasteiger charge is -2.34. The van der Waals surface area contributed by atoms with Gasteiger partial charge in [0.05, 0.1) is 6.42 Å². The third kappa shape index (κ3) is 4.79. The average Bonchev–Trinajstić information content (AvgIpc) is 3.60. The topological polar surface area (TPSA) is 105 Å². The highest BCUT2D eigenvalue weighted by atomic mass is 16.5. The Morgan fingerprint density at radius 1 is 0.971 bits per heavy atom. The number of ether oxygens (including phenoxy) is 1. The molecule has 0 saturated heterocycles. The van der Waals surface area contributed by atoms with Crippen molar-refractivity contribution in [2.75, 3.05) is 13.2 Å². The minimum absolute atomic E-state index is 0.0104. The molecular weight excluding hydrogens is 432 g/mol. The molecule has 2 saturated carbocycles. The van der Waals surface area contributed by atoms with E-state index in [1.807, 2.05) is 24.3 Å². The maximum absolute atomic E-state index is 12.4. The number of fused-ring (bicyclic) bond motifs is 3. The van der Waals surface area contributed by atoms with Crippen LogP contribution in [0, 0.1) is 17.8 Å². The number of carbonyl (C=O) groups excluding carboxylic acids is 2. The molecule has 0 aromatic heterocycles. The maximum Gasteiger partial charge on any atom is 0.407 e. The van der Waals surface area contributed by atoms with Gasteiger partial charge in [-0.25, -0.2) is 4.79 Å². The molecular formula is C27H30N2O5. The van der Waals surface area contributed by atoms with Crippen LogP contribution in [0.3, 0.4) is 0 Å². The highest BCUT2D eigenvalue weighted by molar-refractivity contribution is 5.81. The Morgan fingerprint density at radius 3 is 2.18 bits per heavy atom. The Labute approximate surface area is 198 Å². The second kappa shape index (κ2) is 9.49. The molecule has 0 spiro atoms. The monoisotopic (exact) mass is 462 g/mol. The largest absolute Gasteiger partial charge is 0.481 e. The van der Waals surface area contributed by atoms with E-state index in [0.29, 0.717) is 25.3 Å². The van der Waals surface area contributed by atoms with E-state index in [0.717, 1.165) is 12.8 Å². The summed E-state index contributed by atoms with van der Waals surface area (Å²) in [5, 5.41) is 14.8. The van der Waals surface area contributed by atoms with Crippen LogP contribution in [-0.4, -0.2) is 42.3 Å². The number of hydrogen-bond acceptors (Lipinski definition) is 4. The van der Waals surface area contributed by atoms with Crippen LogP contribution in [0.5, 0.6) is 0 Å². The molecule has 1 unspecified atom stereocenters. The van der Waals surface area contributed by atoms with Gasteiger partial charge in [-0.15, -0.1) is 0 Å². The van der Waals surface area contributed by atoms with Crippen molar-refractivity contribution in [2.45, 2.75) is 44.1 Å². The predicted octanol–water partition coefficient (Wildman–Crippen LogP) is 3.92. The first-order chi connectivity index (χ1) is 16.5. The lowest BCUT2D eigenvalue weighted by Crippen LogP contribution is -2.50. The molecule has 3 N–H and O–H groups in total. The maximum atomic E-state index is 12.4. The van der Waals surface area contributed by atoms with E-state index in [4.69, 9.17) is 9.84 Å². The number of aliphatic carboxylic acids is 1. The van der Waals surface area contributed by atoms with Gasteiger partial charge in [0.15, 0.2) is 0 Å². The molecule has 5 rings (SSSR count). The molecule has 178 valence electrons. The van der Waals surface area contributed by atoms with Crippen LogP contribution >= 0.6 is 0 Å². The normalized spacial score (nSPS) is 21.5. The molecule has 3 aliphatic rings. The number of carboxylic acid groups (broad SMARTS) is 1. The molecule has 3 aliphatic carbocycles. The molecule has 1 atom stereocenters. The Kier molecular flexibility index (Phi) is 6.26. The van der Waals surface area contributed by atoms with Crippen LogP contribution in [0.4, 0.5) is 4.79 Å². The summed E-state index contributed by atoms with van der Waals surface area (Å²) >= 11 is 0. The van der Waals surface area contributed by atoms with Crippen LogP contribution in [-0.2, 0) is 14.3 Å². The third-order valence-corrected chi connectivity index (χ3v) is 7.44. The summed E-state index contributed by atoms with van der Waals surface area (Å²) in [6.45, 7) is 0.680. The highest BCUT2D eigenvalue weighted by Gasteiger charge is 2.38. The van der Waals surface area contributed by atoms with Gasteiger partial charge in [-0.3, -0.25) is 9.59 Å². The van der Waals surface area contributed by atoms with Crippen molar-refractivity contribution in [3.05, 3.63) is 59.7 Å². The molecule has 7 heteroatoms. The van der Waals surface area contributed by atoms with Gasteiger partial charge in [0.25, 0.3) is 0 Å². The van der Waals surface area contributed by atoms with E-state index < -0.39 is 12.1 Å². The van der Waals surface area contributed by atoms with E-state index >= 15 is 0 Å². The van der Waals surface area contributed by atoms with Crippen LogP contribution in [0.15, 0.2) is 48.5 Å². The van der Waals surface area contributed by atoms with Crippen LogP contribution < -0.4 is 10.6 Å². The molecule has 2 fully saturated rings. The van der Waals surface area contributed by atoms with Crippen molar-refractivity contribution < 1.29 is 24.2 Å². The number of alkyl carbamates (subject to hydrolysis) is 1. The van der Waals surface area contributed by atoms with Gasteiger partial charge in [-0.05, 0) is 59.8 Å². The van der Waals surface area contributed by atoms with Gasteiger partial charge in [0.2, 0.25) is 5.91 Å². The van der Waals surface area contributed by atoms with Crippen molar-refractivity contribution in [2.24, 2.45) is 17.8 Å². The van der Waals surface area contributed by atoms with Gasteiger partial charge in [-0.1, -0.05) is 48.5 Å². The van der Waals surface area contributed by atoms with Crippen molar-refractivity contribution in [3.8, 4) is 11.1 Å². The number of rotatable bonds is 9. The van der Waals surface area contributed by atoms with Gasteiger partial charge in [0, 0.05) is 24.4 Å². The van der Waals surface area contributed by atoms with E-state index in [1.54, 1.807) is 0 Å². The van der Waals surface area contributed by atoms with Gasteiger partial charge >= 0.3 is 12.1 Å². The zero-order valence-corrected chi connectivity index (χ0v) is 19.0. The molecule has 34 heavy (non-hydrogen) atoms. The second-order valence-electron chi connectivity index (χ2n) is 9.78. The lowest BCUT2D eigenvalue weighted by molar-refractivity contribution is -0.138. The molecule has 0 radical (unpaired) electrons. The summed E-state index contributed by atoms with van der Waals surface area (Å²) in [4.78, 5) is 35.9. The summed E-state index contributed by atoms with van der Waals surface area (Å²) in [5.41, 5.74) is 4.72. The molecule has 0 heterocycles. The fourth-order valence-corrected chi connectivity index (χ4v) is 5.33. The zero-order valence-electron chi connectivity index (χ0n) is 19.0. The molecule has 2 aromatic rings. The fourth-order valence-electron chi connectivity index (χ4n) is 5.33. The SMILES string of the molecule is O=C(O)CC(CNC(=O)C1CC(NC(=O)OCC2c3ccccc3-c3ccccc32)C1)C1CC1. The van der Waals surface area contributed by atoms with E-state index in [2.05, 4.69) is 34.9 Å². The second-order valence-corrected chi connectivity index (χ2v) is 9.78. The third-order valence-electron chi connectivity index (χ3n) is 7.44. The fraction of sp³-hybridized carbons (Fsp3) is 0.444. The van der Waals surface area contributed by atoms with Crippen molar-refractivity contribution in [1.29, 1.82) is 0 Å². The molecule has 2 aromatic carbocycles. The van der Waals surface area contributed by atoms with E-state index in [-0.39, 0.29) is 42.7 Å². The van der Waals surface area contributed by atoms with E-state index in [9.17, 15) is 14.4 Å². The van der Waals surface area contributed by atoms with Crippen LogP contribution in [0.1, 0.15) is 49.1 Å². The van der Waals surface area contributed by atoms with Crippen LogP contribution in [0.25, 0.3) is 11.1 Å². The minimum atomic E-state index is -0.817.